The van der Waals surface area contributed by atoms with E-state index in [2.05, 4.69) is 22.2 Å². The topological polar surface area (TPSA) is 83.7 Å². The predicted molar refractivity (Wildman–Crippen MR) is 174 cm³/mol. The predicted octanol–water partition coefficient (Wildman–Crippen LogP) is 6.80. The normalized spacial score (nSPS) is 19.2. The van der Waals surface area contributed by atoms with E-state index in [0.29, 0.717) is 28.0 Å². The fraction of sp³-hybridized carbons (Fsp3) is 0.387. The van der Waals surface area contributed by atoms with Crippen molar-refractivity contribution in [2.45, 2.75) is 41.2 Å². The molecular weight excluding hydrogens is 645 g/mol. The van der Waals surface area contributed by atoms with Crippen LogP contribution in [-0.2, 0) is 32.0 Å². The van der Waals surface area contributed by atoms with E-state index in [1.54, 1.807) is 19.2 Å². The average Bonchev–Trinajstić information content (AvgIpc) is 3.74. The Morgan fingerprint density at radius 1 is 1.09 bits per heavy atom. The number of sulfonamides is 1. The lowest BCUT2D eigenvalue weighted by atomic mass is 9.74. The molecule has 2 aromatic carbocycles. The van der Waals surface area contributed by atoms with Gasteiger partial charge in [0.1, 0.15) is 12.0 Å². The highest BCUT2D eigenvalue weighted by Gasteiger charge is 2.44. The molecule has 4 heterocycles. The SMILES string of the molecule is CN(C[C@@H](CCN1CCC2(CC1)CS(=O)c1ccccc12)c1ccc(Cl)c(Cl)c1)S(=O)(=O)Cc1ccc(-c2ccon2)s1. The lowest BCUT2D eigenvalue weighted by Crippen LogP contribution is -2.44. The zero-order chi connectivity index (χ0) is 30.2. The minimum atomic E-state index is -3.58. The van der Waals surface area contributed by atoms with E-state index >= 15 is 0 Å². The lowest BCUT2D eigenvalue weighted by molar-refractivity contribution is 0.165. The van der Waals surface area contributed by atoms with Crippen molar-refractivity contribution < 1.29 is 17.1 Å². The smallest absolute Gasteiger partial charge is 0.218 e. The maximum absolute atomic E-state index is 13.5. The summed E-state index contributed by atoms with van der Waals surface area (Å²) >= 11 is 14.0. The van der Waals surface area contributed by atoms with Crippen LogP contribution in [0.4, 0.5) is 0 Å². The highest BCUT2D eigenvalue weighted by molar-refractivity contribution is 7.88. The zero-order valence-electron chi connectivity index (χ0n) is 23.7. The molecule has 0 bridgehead atoms. The van der Waals surface area contributed by atoms with E-state index in [0.717, 1.165) is 59.1 Å². The van der Waals surface area contributed by atoms with E-state index in [1.807, 2.05) is 36.4 Å². The van der Waals surface area contributed by atoms with Gasteiger partial charge in [-0.05, 0) is 86.3 Å². The second-order valence-corrected chi connectivity index (χ2v) is 16.9. The van der Waals surface area contributed by atoms with Crippen LogP contribution in [0.25, 0.3) is 10.6 Å². The average molecular weight is 679 g/mol. The van der Waals surface area contributed by atoms with E-state index in [4.69, 9.17) is 27.7 Å². The van der Waals surface area contributed by atoms with E-state index in [9.17, 15) is 12.6 Å². The maximum atomic E-state index is 13.5. The van der Waals surface area contributed by atoms with Crippen molar-refractivity contribution in [3.05, 3.63) is 93.0 Å². The minimum Gasteiger partial charge on any atom is -0.364 e. The number of hydrogen-bond acceptors (Lipinski definition) is 7. The van der Waals surface area contributed by atoms with Gasteiger partial charge in [-0.2, -0.15) is 0 Å². The van der Waals surface area contributed by atoms with Crippen molar-refractivity contribution in [3.8, 4) is 10.6 Å². The van der Waals surface area contributed by atoms with Crippen molar-refractivity contribution in [1.82, 2.24) is 14.4 Å². The van der Waals surface area contributed by atoms with Crippen molar-refractivity contribution in [1.29, 1.82) is 0 Å². The molecule has 1 unspecified atom stereocenters. The summed E-state index contributed by atoms with van der Waals surface area (Å²) in [6, 6.07) is 19.2. The fourth-order valence-corrected chi connectivity index (χ4v) is 10.9. The van der Waals surface area contributed by atoms with Crippen LogP contribution in [0.3, 0.4) is 0 Å². The second kappa shape index (κ2) is 12.7. The molecule has 6 rings (SSSR count). The number of piperidine rings is 1. The summed E-state index contributed by atoms with van der Waals surface area (Å²) in [6.07, 6.45) is 4.21. The van der Waals surface area contributed by atoms with Gasteiger partial charge in [0.25, 0.3) is 0 Å². The highest BCUT2D eigenvalue weighted by atomic mass is 35.5. The Kier molecular flexibility index (Phi) is 9.18. The molecular formula is C31H33Cl2N3O4S3. The highest BCUT2D eigenvalue weighted by Crippen LogP contribution is 2.45. The Balaban J connectivity index is 1.13. The molecule has 1 fully saturated rings. The van der Waals surface area contributed by atoms with Gasteiger partial charge in [-0.3, -0.25) is 4.21 Å². The van der Waals surface area contributed by atoms with E-state index in [-0.39, 0.29) is 17.1 Å². The molecule has 7 nitrogen and oxygen atoms in total. The Labute approximate surface area is 269 Å². The van der Waals surface area contributed by atoms with Crippen LogP contribution in [-0.4, -0.2) is 66.0 Å². The Hall–Kier alpha value is -2.05. The molecule has 4 aromatic rings. The summed E-state index contributed by atoms with van der Waals surface area (Å²) in [5, 5.41) is 4.88. The number of halogens is 2. The van der Waals surface area contributed by atoms with Gasteiger partial charge >= 0.3 is 0 Å². The number of hydrogen-bond donors (Lipinski definition) is 0. The molecule has 0 N–H and O–H groups in total. The molecule has 12 heteroatoms. The molecule has 2 aromatic heterocycles. The van der Waals surface area contributed by atoms with Crippen molar-refractivity contribution in [3.63, 3.8) is 0 Å². The fourth-order valence-electron chi connectivity index (χ4n) is 6.24. The summed E-state index contributed by atoms with van der Waals surface area (Å²) < 4.78 is 46.2. The van der Waals surface area contributed by atoms with Gasteiger partial charge < -0.3 is 9.42 Å². The zero-order valence-corrected chi connectivity index (χ0v) is 27.7. The van der Waals surface area contributed by atoms with Crippen molar-refractivity contribution in [2.75, 3.05) is 39.0 Å². The third kappa shape index (κ3) is 6.66. The molecule has 0 saturated carbocycles. The van der Waals surface area contributed by atoms with Crippen LogP contribution in [0, 0.1) is 0 Å². The van der Waals surface area contributed by atoms with Gasteiger partial charge in [-0.25, -0.2) is 12.7 Å². The maximum Gasteiger partial charge on any atom is 0.218 e. The summed E-state index contributed by atoms with van der Waals surface area (Å²) in [6.45, 7) is 2.98. The number of rotatable bonds is 10. The van der Waals surface area contributed by atoms with Gasteiger partial charge in [-0.15, -0.1) is 11.3 Å². The first-order valence-electron chi connectivity index (χ1n) is 14.2. The summed E-state index contributed by atoms with van der Waals surface area (Å²) in [4.78, 5) is 5.06. The number of likely N-dealkylation sites (tertiary alicyclic amines) is 1. The standard InChI is InChI=1S/C31H33Cl2N3O4S3/c1-35(43(38,39)20-24-7-9-29(41-24)28-11-17-40-34-28)19-23(22-6-8-26(32)27(33)18-22)10-14-36-15-12-31(13-16-36)21-42(37)30-5-3-2-4-25(30)31/h2-9,11,17-18,23H,10,12-16,19-21H2,1H3/t23-,42?/m1/s1. The van der Waals surface area contributed by atoms with Crippen LogP contribution in [0.5, 0.6) is 0 Å². The largest absolute Gasteiger partial charge is 0.364 e. The number of thiophene rings is 1. The van der Waals surface area contributed by atoms with E-state index in [1.165, 1.54) is 27.5 Å². The Morgan fingerprint density at radius 3 is 2.63 bits per heavy atom. The molecule has 228 valence electrons. The Bertz CT molecular complexity index is 1720. The van der Waals surface area contributed by atoms with Gasteiger partial charge in [0, 0.05) is 40.6 Å². The van der Waals surface area contributed by atoms with Gasteiger partial charge in [0.2, 0.25) is 10.0 Å². The minimum absolute atomic E-state index is 0.00924. The van der Waals surface area contributed by atoms with Crippen LogP contribution in [0.1, 0.15) is 41.2 Å². The van der Waals surface area contributed by atoms with E-state index < -0.39 is 20.8 Å². The van der Waals surface area contributed by atoms with Crippen molar-refractivity contribution >= 4 is 55.4 Å². The Morgan fingerprint density at radius 2 is 1.88 bits per heavy atom. The van der Waals surface area contributed by atoms with Crippen LogP contribution in [0.2, 0.25) is 10.0 Å². The van der Waals surface area contributed by atoms with Crippen LogP contribution < -0.4 is 0 Å². The summed E-state index contributed by atoms with van der Waals surface area (Å²) in [5.41, 5.74) is 2.91. The molecule has 0 aliphatic carbocycles. The molecule has 2 aliphatic rings. The number of fused-ring (bicyclic) bond motifs is 2. The first-order valence-corrected chi connectivity index (χ1v) is 18.7. The summed E-state index contributed by atoms with van der Waals surface area (Å²) in [5.74, 6) is 0.551. The summed E-state index contributed by atoms with van der Waals surface area (Å²) in [7, 11) is -2.87. The number of likely N-dealkylation sites (N-methyl/N-ethyl adjacent to an activating group) is 1. The molecule has 1 saturated heterocycles. The molecule has 0 amide bonds. The monoisotopic (exact) mass is 677 g/mol. The molecule has 2 atom stereocenters. The molecule has 43 heavy (non-hydrogen) atoms. The number of benzene rings is 2. The van der Waals surface area contributed by atoms with Crippen LogP contribution >= 0.6 is 34.5 Å². The molecule has 2 aliphatic heterocycles. The third-order valence-corrected chi connectivity index (χ3v) is 14.2. The second-order valence-electron chi connectivity index (χ2n) is 11.5. The lowest BCUT2D eigenvalue weighted by Gasteiger charge is -2.40. The first kappa shape index (κ1) is 31.0. The van der Waals surface area contributed by atoms with Crippen LogP contribution in [0.15, 0.2) is 76.3 Å². The first-order chi connectivity index (χ1) is 20.6. The number of aromatic nitrogens is 1. The molecule has 0 radical (unpaired) electrons. The van der Waals surface area contributed by atoms with Crippen molar-refractivity contribution in [2.24, 2.45) is 0 Å². The van der Waals surface area contributed by atoms with Gasteiger partial charge in [-0.1, -0.05) is 52.6 Å². The van der Waals surface area contributed by atoms with Gasteiger partial charge in [0.05, 0.1) is 31.5 Å². The molecule has 1 spiro atoms. The van der Waals surface area contributed by atoms with Gasteiger partial charge in [0.15, 0.2) is 0 Å². The quantitative estimate of drug-likeness (QED) is 0.184. The number of nitrogens with zero attached hydrogens (tertiary/aromatic N) is 3. The third-order valence-electron chi connectivity index (χ3n) is 8.76.